The van der Waals surface area contributed by atoms with Gasteiger partial charge in [-0.25, -0.2) is 4.99 Å². The first-order chi connectivity index (χ1) is 30.2. The van der Waals surface area contributed by atoms with Gasteiger partial charge in [0.05, 0.1) is 28.7 Å². The van der Waals surface area contributed by atoms with Crippen molar-refractivity contribution in [3.63, 3.8) is 0 Å². The summed E-state index contributed by atoms with van der Waals surface area (Å²) < 4.78 is 12.1. The van der Waals surface area contributed by atoms with Crippen LogP contribution in [0.15, 0.2) is 184 Å². The molecule has 61 heavy (non-hydrogen) atoms. The first-order valence-electron chi connectivity index (χ1n) is 21.2. The molecule has 3 aliphatic rings. The van der Waals surface area contributed by atoms with Crippen LogP contribution in [0.2, 0.25) is 0 Å². The lowest BCUT2D eigenvalue weighted by Crippen LogP contribution is -2.31. The van der Waals surface area contributed by atoms with Gasteiger partial charge in [0.15, 0.2) is 11.4 Å². The van der Waals surface area contributed by atoms with Crippen LogP contribution in [0.1, 0.15) is 40.4 Å². The van der Waals surface area contributed by atoms with Crippen molar-refractivity contribution in [1.82, 2.24) is 4.57 Å². The summed E-state index contributed by atoms with van der Waals surface area (Å²) in [6.07, 6.45) is 10.4. The molecule has 0 saturated carbocycles. The van der Waals surface area contributed by atoms with Crippen LogP contribution in [0, 0.1) is 11.8 Å². The third-order valence-electron chi connectivity index (χ3n) is 13.5. The second-order valence-corrected chi connectivity index (χ2v) is 17.8. The largest absolute Gasteiger partial charge is 0.454 e. The van der Waals surface area contributed by atoms with Crippen LogP contribution in [-0.4, -0.2) is 16.1 Å². The van der Waals surface area contributed by atoms with Crippen molar-refractivity contribution >= 4 is 110 Å². The number of para-hydroxylation sites is 1. The van der Waals surface area contributed by atoms with Gasteiger partial charge in [0.2, 0.25) is 0 Å². The second-order valence-electron chi connectivity index (χ2n) is 16.8. The zero-order valence-corrected chi connectivity index (χ0v) is 33.7. The van der Waals surface area contributed by atoms with E-state index in [1.54, 1.807) is 0 Å². The first kappa shape index (κ1) is 33.5. The second kappa shape index (κ2) is 12.6. The SMILES string of the molecule is C1=CC2C=Cc3c1c1cc4ccccc4cc1n3-c1c(ccc3c1oc1ccccc13)C1=NC(c3cccc4sc5ccccc5c34)=NC(c3cccc4ccccc34)C1C2. The molecule has 0 amide bonds. The Balaban J connectivity index is 1.14. The lowest BCUT2D eigenvalue weighted by molar-refractivity contribution is 0.481. The standard InChI is InChI=1S/C56H35N3OS/c1-2-13-35-31-47-44(30-34(35)12-1)37-25-23-32-24-28-46(37)59(47)54-43(27-26-40-38-16-5-7-20-48(38)60-55(40)54)53-45(29-32)52(39-18-9-14-33-11-3-4-15-36(33)39)57-56(58-53)42-19-10-22-50-51(42)41-17-6-8-21-49(41)61-50/h1-28,30-32,45,52H,29H2. The quantitative estimate of drug-likeness (QED) is 0.172. The molecule has 8 aromatic carbocycles. The minimum absolute atomic E-state index is 0.0618. The molecule has 3 unspecified atom stereocenters. The smallest absolute Gasteiger partial charge is 0.160 e. The zero-order chi connectivity index (χ0) is 39.8. The predicted molar refractivity (Wildman–Crippen MR) is 257 cm³/mol. The van der Waals surface area contributed by atoms with E-state index >= 15 is 0 Å². The van der Waals surface area contributed by atoms with E-state index in [1.807, 2.05) is 11.3 Å². The molecule has 5 heteroatoms. The van der Waals surface area contributed by atoms with E-state index < -0.39 is 0 Å². The highest BCUT2D eigenvalue weighted by atomic mass is 32.1. The molecule has 0 fully saturated rings. The number of nitrogens with zero attached hydrogens (tertiary/aromatic N) is 3. The molecule has 0 spiro atoms. The number of aliphatic imine (C=N–C) groups is 2. The highest BCUT2D eigenvalue weighted by Gasteiger charge is 2.38. The van der Waals surface area contributed by atoms with Gasteiger partial charge in [0.25, 0.3) is 0 Å². The summed E-state index contributed by atoms with van der Waals surface area (Å²) in [5.41, 5.74) is 10.7. The van der Waals surface area contributed by atoms with Crippen molar-refractivity contribution in [2.45, 2.75) is 12.5 Å². The third-order valence-corrected chi connectivity index (χ3v) is 14.6. The summed E-state index contributed by atoms with van der Waals surface area (Å²) >= 11 is 1.83. The monoisotopic (exact) mass is 797 g/mol. The van der Waals surface area contributed by atoms with Crippen molar-refractivity contribution in [3.8, 4) is 5.69 Å². The van der Waals surface area contributed by atoms with E-state index in [4.69, 9.17) is 14.4 Å². The fourth-order valence-electron chi connectivity index (χ4n) is 10.7. The van der Waals surface area contributed by atoms with Gasteiger partial charge < -0.3 is 8.98 Å². The maximum atomic E-state index is 7.07. The summed E-state index contributed by atoms with van der Waals surface area (Å²) in [7, 11) is 0. The van der Waals surface area contributed by atoms with Crippen molar-refractivity contribution < 1.29 is 4.42 Å². The number of allylic oxidation sites excluding steroid dienone is 2. The Bertz CT molecular complexity index is 3830. The fraction of sp³-hybridized carbons (Fsp3) is 0.0714. The van der Waals surface area contributed by atoms with Gasteiger partial charge >= 0.3 is 0 Å². The number of fused-ring (bicyclic) bond motifs is 17. The molecule has 1 aliphatic carbocycles. The molecule has 3 atom stereocenters. The van der Waals surface area contributed by atoms with Crippen LogP contribution in [-0.2, 0) is 0 Å². The molecular formula is C56H35N3OS. The molecular weight excluding hydrogens is 763 g/mol. The van der Waals surface area contributed by atoms with Crippen molar-refractivity contribution in [2.24, 2.45) is 21.8 Å². The Morgan fingerprint density at radius 3 is 2.25 bits per heavy atom. The Morgan fingerprint density at radius 1 is 0.590 bits per heavy atom. The van der Waals surface area contributed by atoms with Gasteiger partial charge in [0.1, 0.15) is 5.58 Å². The highest BCUT2D eigenvalue weighted by molar-refractivity contribution is 7.25. The molecule has 0 N–H and O–H groups in total. The fourth-order valence-corrected chi connectivity index (χ4v) is 11.9. The number of hydrogen-bond acceptors (Lipinski definition) is 4. The first-order valence-corrected chi connectivity index (χ1v) is 22.0. The summed E-state index contributed by atoms with van der Waals surface area (Å²) in [6, 6.07) is 57.1. The van der Waals surface area contributed by atoms with E-state index in [1.165, 1.54) is 58.2 Å². The lowest BCUT2D eigenvalue weighted by Gasteiger charge is -2.34. The van der Waals surface area contributed by atoms with Crippen LogP contribution >= 0.6 is 11.3 Å². The Kier molecular flexibility index (Phi) is 6.91. The molecule has 2 bridgehead atoms. The van der Waals surface area contributed by atoms with Crippen LogP contribution in [0.25, 0.3) is 92.4 Å². The summed E-state index contributed by atoms with van der Waals surface area (Å²) in [4.78, 5) is 11.7. The van der Waals surface area contributed by atoms with Crippen LogP contribution in [0.4, 0.5) is 0 Å². The summed E-state index contributed by atoms with van der Waals surface area (Å²) in [5.74, 6) is 0.864. The average Bonchev–Trinajstić information content (AvgIpc) is 3.92. The number of amidine groups is 1. The van der Waals surface area contributed by atoms with Crippen molar-refractivity contribution in [1.29, 1.82) is 0 Å². The Labute approximate surface area is 354 Å². The molecule has 14 rings (SSSR count). The zero-order valence-electron chi connectivity index (χ0n) is 32.9. The number of rotatable bonds is 2. The minimum Gasteiger partial charge on any atom is -0.454 e. The van der Waals surface area contributed by atoms with Gasteiger partial charge in [-0.1, -0.05) is 140 Å². The van der Waals surface area contributed by atoms with Crippen LogP contribution in [0.3, 0.4) is 0 Å². The number of thiophene rings is 1. The van der Waals surface area contributed by atoms with Gasteiger partial charge in [0, 0.05) is 58.9 Å². The molecule has 4 nitrogen and oxygen atoms in total. The van der Waals surface area contributed by atoms with Crippen molar-refractivity contribution in [2.75, 3.05) is 0 Å². The Hall–Kier alpha value is -7.34. The summed E-state index contributed by atoms with van der Waals surface area (Å²) in [5, 5.41) is 10.8. The van der Waals surface area contributed by atoms with E-state index in [-0.39, 0.29) is 17.9 Å². The van der Waals surface area contributed by atoms with Gasteiger partial charge in [-0.05, 0) is 81.9 Å². The number of furan rings is 1. The topological polar surface area (TPSA) is 42.8 Å². The lowest BCUT2D eigenvalue weighted by atomic mass is 9.77. The summed E-state index contributed by atoms with van der Waals surface area (Å²) in [6.45, 7) is 0. The molecule has 5 heterocycles. The molecule has 0 radical (unpaired) electrons. The highest BCUT2D eigenvalue weighted by Crippen LogP contribution is 2.48. The maximum absolute atomic E-state index is 7.07. The van der Waals surface area contributed by atoms with Crippen molar-refractivity contribution in [3.05, 3.63) is 198 Å². The number of aromatic nitrogens is 1. The van der Waals surface area contributed by atoms with Crippen LogP contribution in [0.5, 0.6) is 0 Å². The minimum atomic E-state index is -0.211. The van der Waals surface area contributed by atoms with E-state index in [0.717, 1.165) is 67.9 Å². The maximum Gasteiger partial charge on any atom is 0.160 e. The molecule has 3 aromatic heterocycles. The Morgan fingerprint density at radius 2 is 1.33 bits per heavy atom. The molecule has 11 aromatic rings. The van der Waals surface area contributed by atoms with Gasteiger partial charge in [-0.3, -0.25) is 4.99 Å². The van der Waals surface area contributed by atoms with Gasteiger partial charge in [-0.2, -0.15) is 0 Å². The van der Waals surface area contributed by atoms with Gasteiger partial charge in [-0.15, -0.1) is 11.3 Å². The van der Waals surface area contributed by atoms with E-state index in [0.29, 0.717) is 0 Å². The number of benzene rings is 8. The van der Waals surface area contributed by atoms with E-state index in [2.05, 4.69) is 187 Å². The molecule has 286 valence electrons. The normalized spacial score (nSPS) is 18.3. The molecule has 0 saturated heterocycles. The third kappa shape index (κ3) is 4.81. The van der Waals surface area contributed by atoms with E-state index in [9.17, 15) is 0 Å². The average molecular weight is 798 g/mol. The van der Waals surface area contributed by atoms with Crippen LogP contribution < -0.4 is 0 Å². The predicted octanol–water partition coefficient (Wildman–Crippen LogP) is 14.9. The number of hydrogen-bond donors (Lipinski definition) is 0. The molecule has 2 aliphatic heterocycles.